The van der Waals surface area contributed by atoms with Crippen LogP contribution in [-0.4, -0.2) is 14.6 Å². The fourth-order valence-corrected chi connectivity index (χ4v) is 0.777. The number of pyridine rings is 1. The van der Waals surface area contributed by atoms with E-state index in [2.05, 4.69) is 0 Å². The first-order valence-corrected chi connectivity index (χ1v) is 3.06. The van der Waals surface area contributed by atoms with Crippen LogP contribution < -0.4 is 5.56 Å². The maximum Gasteiger partial charge on any atom is 0.292 e. The Hall–Kier alpha value is -1.85. The van der Waals surface area contributed by atoms with Gasteiger partial charge in [-0.15, -0.1) is 0 Å². The third-order valence-electron chi connectivity index (χ3n) is 1.36. The van der Waals surface area contributed by atoms with Crippen LogP contribution in [0.15, 0.2) is 17.1 Å². The van der Waals surface area contributed by atoms with Crippen LogP contribution >= 0.6 is 0 Å². The average Bonchev–Trinajstić information content (AvgIpc) is 1.99. The van der Waals surface area contributed by atoms with Gasteiger partial charge in [-0.1, -0.05) is 0 Å². The molecule has 1 rings (SSSR count). The van der Waals surface area contributed by atoms with E-state index >= 15 is 0 Å². The number of hydrogen-bond donors (Lipinski definition) is 1. The van der Waals surface area contributed by atoms with Crippen LogP contribution in [0.25, 0.3) is 0 Å². The van der Waals surface area contributed by atoms with Crippen molar-refractivity contribution in [3.63, 3.8) is 0 Å². The minimum Gasteiger partial charge on any atom is -0.503 e. The largest absolute Gasteiger partial charge is 0.503 e. The van der Waals surface area contributed by atoms with Gasteiger partial charge in [-0.2, -0.15) is 0 Å². The molecule has 6 heteroatoms. The van der Waals surface area contributed by atoms with E-state index in [4.69, 9.17) is 5.11 Å². The predicted molar refractivity (Wildman–Crippen MR) is 40.0 cm³/mol. The molecule has 0 aromatic carbocycles. The molecule has 0 aliphatic carbocycles. The Morgan fingerprint density at radius 1 is 1.67 bits per heavy atom. The topological polar surface area (TPSA) is 85.4 Å². The standard InChI is InChI=1S/C6H6N2O4/c1-7-3-4(8(11)12)2-5(9)6(7)10/h2-3,9H,1H3. The summed E-state index contributed by atoms with van der Waals surface area (Å²) in [6.07, 6.45) is 1.04. The summed E-state index contributed by atoms with van der Waals surface area (Å²) in [6, 6.07) is 0.822. The summed E-state index contributed by atoms with van der Waals surface area (Å²) in [4.78, 5) is 20.3. The normalized spacial score (nSPS) is 9.75. The molecule has 0 saturated carbocycles. The number of hydrogen-bond acceptors (Lipinski definition) is 4. The second-order valence-electron chi connectivity index (χ2n) is 2.26. The quantitative estimate of drug-likeness (QED) is 0.474. The van der Waals surface area contributed by atoms with Crippen molar-refractivity contribution < 1.29 is 10.0 Å². The molecular formula is C6H6N2O4. The third kappa shape index (κ3) is 1.26. The second kappa shape index (κ2) is 2.65. The zero-order valence-corrected chi connectivity index (χ0v) is 6.22. The lowest BCUT2D eigenvalue weighted by Gasteiger charge is -1.97. The molecule has 0 bridgehead atoms. The summed E-state index contributed by atoms with van der Waals surface area (Å²) in [7, 11) is 1.33. The van der Waals surface area contributed by atoms with Crippen LogP contribution in [0.1, 0.15) is 0 Å². The molecule has 0 saturated heterocycles. The first kappa shape index (κ1) is 8.25. The lowest BCUT2D eigenvalue weighted by molar-refractivity contribution is -0.385. The molecule has 1 N–H and O–H groups in total. The number of aromatic nitrogens is 1. The van der Waals surface area contributed by atoms with Crippen molar-refractivity contribution in [3.05, 3.63) is 32.7 Å². The van der Waals surface area contributed by atoms with Crippen LogP contribution in [0.4, 0.5) is 5.69 Å². The van der Waals surface area contributed by atoms with Gasteiger partial charge in [0.05, 0.1) is 17.2 Å². The maximum absolute atomic E-state index is 10.8. The maximum atomic E-state index is 10.8. The lowest BCUT2D eigenvalue weighted by Crippen LogP contribution is -2.15. The summed E-state index contributed by atoms with van der Waals surface area (Å²) >= 11 is 0. The fraction of sp³-hybridized carbons (Fsp3) is 0.167. The number of aryl methyl sites for hydroxylation is 1. The molecule has 0 fully saturated rings. The molecule has 64 valence electrons. The Kier molecular flexibility index (Phi) is 1.82. The van der Waals surface area contributed by atoms with Gasteiger partial charge in [0.15, 0.2) is 5.75 Å². The molecule has 1 aromatic heterocycles. The van der Waals surface area contributed by atoms with Gasteiger partial charge in [0.2, 0.25) is 0 Å². The van der Waals surface area contributed by atoms with Crippen molar-refractivity contribution in [1.29, 1.82) is 0 Å². The summed E-state index contributed by atoms with van der Waals surface area (Å²) in [6.45, 7) is 0. The first-order valence-electron chi connectivity index (χ1n) is 3.06. The highest BCUT2D eigenvalue weighted by atomic mass is 16.6. The molecule has 0 aliphatic rings. The number of aromatic hydroxyl groups is 1. The molecule has 0 unspecified atom stereocenters. The molecule has 0 radical (unpaired) electrons. The summed E-state index contributed by atoms with van der Waals surface area (Å²) in [5, 5.41) is 19.1. The fourth-order valence-electron chi connectivity index (χ4n) is 0.777. The SMILES string of the molecule is Cn1cc([N+](=O)[O-])cc(O)c1=O. The van der Waals surface area contributed by atoms with E-state index in [0.29, 0.717) is 0 Å². The van der Waals surface area contributed by atoms with E-state index in [1.54, 1.807) is 0 Å². The number of rotatable bonds is 1. The predicted octanol–water partition coefficient (Wildman–Crippen LogP) is -0.000900. The number of nitro groups is 1. The van der Waals surface area contributed by atoms with Gasteiger partial charge in [-0.3, -0.25) is 14.9 Å². The van der Waals surface area contributed by atoms with Gasteiger partial charge in [-0.05, 0) is 0 Å². The Bertz CT molecular complexity index is 355. The highest BCUT2D eigenvalue weighted by Crippen LogP contribution is 2.12. The van der Waals surface area contributed by atoms with Crippen LogP contribution in [0.2, 0.25) is 0 Å². The number of nitrogens with zero attached hydrogens (tertiary/aromatic N) is 2. The van der Waals surface area contributed by atoms with Gasteiger partial charge >= 0.3 is 0 Å². The van der Waals surface area contributed by atoms with Crippen LogP contribution in [0, 0.1) is 10.1 Å². The monoisotopic (exact) mass is 170 g/mol. The Labute approximate surface area is 66.8 Å². The lowest BCUT2D eigenvalue weighted by atomic mass is 10.4. The Morgan fingerprint density at radius 3 is 2.67 bits per heavy atom. The van der Waals surface area contributed by atoms with E-state index in [9.17, 15) is 14.9 Å². The Morgan fingerprint density at radius 2 is 2.25 bits per heavy atom. The van der Waals surface area contributed by atoms with Crippen molar-refractivity contribution in [2.24, 2.45) is 7.05 Å². The van der Waals surface area contributed by atoms with E-state index in [0.717, 1.165) is 16.8 Å². The highest BCUT2D eigenvalue weighted by molar-refractivity contribution is 5.33. The molecule has 0 amide bonds. The average molecular weight is 170 g/mol. The molecule has 1 aromatic rings. The Balaban J connectivity index is 3.41. The molecule has 0 aliphatic heterocycles. The van der Waals surface area contributed by atoms with E-state index in [1.807, 2.05) is 0 Å². The van der Waals surface area contributed by atoms with Crippen LogP contribution in [-0.2, 0) is 7.05 Å². The van der Waals surface area contributed by atoms with Gasteiger partial charge in [-0.25, -0.2) is 0 Å². The minimum atomic E-state index is -0.681. The van der Waals surface area contributed by atoms with Crippen molar-refractivity contribution in [1.82, 2.24) is 4.57 Å². The summed E-state index contributed by atoms with van der Waals surface area (Å²) in [5.41, 5.74) is -0.963. The zero-order chi connectivity index (χ0) is 9.30. The van der Waals surface area contributed by atoms with Crippen molar-refractivity contribution in [2.75, 3.05) is 0 Å². The molecular weight excluding hydrogens is 164 g/mol. The molecule has 0 spiro atoms. The molecule has 6 nitrogen and oxygen atoms in total. The van der Waals surface area contributed by atoms with E-state index in [-0.39, 0.29) is 5.69 Å². The molecule has 12 heavy (non-hydrogen) atoms. The van der Waals surface area contributed by atoms with Gasteiger partial charge in [0, 0.05) is 7.05 Å². The highest BCUT2D eigenvalue weighted by Gasteiger charge is 2.10. The van der Waals surface area contributed by atoms with Crippen molar-refractivity contribution in [3.8, 4) is 5.75 Å². The second-order valence-corrected chi connectivity index (χ2v) is 2.26. The van der Waals surface area contributed by atoms with Gasteiger partial charge in [0.25, 0.3) is 11.2 Å². The summed E-state index contributed by atoms with van der Waals surface area (Å²) < 4.78 is 0.952. The molecule has 1 heterocycles. The van der Waals surface area contributed by atoms with Crippen molar-refractivity contribution >= 4 is 5.69 Å². The summed E-state index contributed by atoms with van der Waals surface area (Å²) in [5.74, 6) is -0.619. The molecule has 0 atom stereocenters. The van der Waals surface area contributed by atoms with Crippen LogP contribution in [0.3, 0.4) is 0 Å². The third-order valence-corrected chi connectivity index (χ3v) is 1.36. The van der Waals surface area contributed by atoms with Crippen molar-refractivity contribution in [2.45, 2.75) is 0 Å². The zero-order valence-electron chi connectivity index (χ0n) is 6.22. The van der Waals surface area contributed by atoms with Gasteiger partial charge < -0.3 is 9.67 Å². The first-order chi connectivity index (χ1) is 5.52. The van der Waals surface area contributed by atoms with Gasteiger partial charge in [0.1, 0.15) is 0 Å². The minimum absolute atomic E-state index is 0.311. The van der Waals surface area contributed by atoms with E-state index in [1.165, 1.54) is 7.05 Å². The van der Waals surface area contributed by atoms with E-state index < -0.39 is 16.2 Å². The van der Waals surface area contributed by atoms with Crippen LogP contribution in [0.5, 0.6) is 5.75 Å². The smallest absolute Gasteiger partial charge is 0.292 e.